The lowest BCUT2D eigenvalue weighted by molar-refractivity contribution is -0.132. The summed E-state index contributed by atoms with van der Waals surface area (Å²) in [5, 5.41) is 3.20. The minimum absolute atomic E-state index is 0.154. The van der Waals surface area contributed by atoms with Crippen LogP contribution in [0.5, 0.6) is 0 Å². The Balaban J connectivity index is 2.24. The van der Waals surface area contributed by atoms with Crippen LogP contribution in [0.4, 0.5) is 0 Å². The molecule has 1 heterocycles. The van der Waals surface area contributed by atoms with Gasteiger partial charge in [-0.3, -0.25) is 4.79 Å². The van der Waals surface area contributed by atoms with Gasteiger partial charge < -0.3 is 15.8 Å². The van der Waals surface area contributed by atoms with Crippen molar-refractivity contribution >= 4 is 5.91 Å². The number of hydrogen-bond acceptors (Lipinski definition) is 3. The smallest absolute Gasteiger partial charge is 0.246 e. The van der Waals surface area contributed by atoms with E-state index in [2.05, 4.69) is 5.32 Å². The summed E-state index contributed by atoms with van der Waals surface area (Å²) in [6.07, 6.45) is 1.82. The van der Waals surface area contributed by atoms with E-state index in [0.717, 1.165) is 25.9 Å². The molecule has 0 aromatic heterocycles. The lowest BCUT2D eigenvalue weighted by atomic mass is 10.1. The zero-order valence-electron chi connectivity index (χ0n) is 7.38. The van der Waals surface area contributed by atoms with Crippen molar-refractivity contribution in [3.63, 3.8) is 0 Å². The molecule has 4 heteroatoms. The molecule has 1 aliphatic rings. The highest BCUT2D eigenvalue weighted by Crippen LogP contribution is 2.08. The maximum Gasteiger partial charge on any atom is 0.246 e. The van der Waals surface area contributed by atoms with Crippen molar-refractivity contribution in [2.75, 3.05) is 13.1 Å². The van der Waals surface area contributed by atoms with Crippen molar-refractivity contribution in [2.45, 2.75) is 32.0 Å². The van der Waals surface area contributed by atoms with Crippen LogP contribution in [0.3, 0.4) is 0 Å². The van der Waals surface area contributed by atoms with Gasteiger partial charge in [0.2, 0.25) is 5.91 Å². The average Bonchev–Trinajstić information content (AvgIpc) is 2.06. The van der Waals surface area contributed by atoms with Gasteiger partial charge in [-0.05, 0) is 26.3 Å². The van der Waals surface area contributed by atoms with Gasteiger partial charge in [0.05, 0.1) is 6.10 Å². The van der Waals surface area contributed by atoms with Gasteiger partial charge in [-0.25, -0.2) is 0 Å². The molecule has 2 atom stereocenters. The molecule has 12 heavy (non-hydrogen) atoms. The molecule has 0 bridgehead atoms. The highest BCUT2D eigenvalue weighted by Gasteiger charge is 2.18. The Hall–Kier alpha value is -0.610. The van der Waals surface area contributed by atoms with E-state index in [1.807, 2.05) is 0 Å². The van der Waals surface area contributed by atoms with Crippen LogP contribution >= 0.6 is 0 Å². The van der Waals surface area contributed by atoms with Crippen molar-refractivity contribution in [3.8, 4) is 0 Å². The van der Waals surface area contributed by atoms with E-state index in [1.54, 1.807) is 6.92 Å². The third kappa shape index (κ3) is 2.79. The van der Waals surface area contributed by atoms with Crippen molar-refractivity contribution in [3.05, 3.63) is 0 Å². The van der Waals surface area contributed by atoms with E-state index >= 15 is 0 Å². The molecule has 70 valence electrons. The van der Waals surface area contributed by atoms with Gasteiger partial charge in [-0.15, -0.1) is 0 Å². The molecule has 0 aliphatic carbocycles. The second kappa shape index (κ2) is 4.42. The van der Waals surface area contributed by atoms with Crippen LogP contribution < -0.4 is 11.1 Å². The van der Waals surface area contributed by atoms with Crippen LogP contribution in [-0.2, 0) is 9.53 Å². The van der Waals surface area contributed by atoms with Crippen LogP contribution in [-0.4, -0.2) is 31.2 Å². The van der Waals surface area contributed by atoms with E-state index < -0.39 is 6.10 Å². The molecule has 1 saturated heterocycles. The maximum absolute atomic E-state index is 10.6. The molecule has 1 unspecified atom stereocenters. The summed E-state index contributed by atoms with van der Waals surface area (Å²) in [6.45, 7) is 3.57. The second-order valence-electron chi connectivity index (χ2n) is 3.15. The first-order valence-electron chi connectivity index (χ1n) is 4.35. The van der Waals surface area contributed by atoms with Gasteiger partial charge in [0, 0.05) is 6.54 Å². The number of carbonyl (C=O) groups is 1. The highest BCUT2D eigenvalue weighted by atomic mass is 16.5. The van der Waals surface area contributed by atoms with Gasteiger partial charge in [0.25, 0.3) is 0 Å². The fourth-order valence-corrected chi connectivity index (χ4v) is 1.29. The highest BCUT2D eigenvalue weighted by molar-refractivity contribution is 5.78. The van der Waals surface area contributed by atoms with Gasteiger partial charge in [0.15, 0.2) is 0 Å². The molecule has 0 spiro atoms. The predicted octanol–water partition coefficient (Wildman–Crippen LogP) is -0.371. The quantitative estimate of drug-likeness (QED) is 0.610. The van der Waals surface area contributed by atoms with Crippen molar-refractivity contribution < 1.29 is 9.53 Å². The summed E-state index contributed by atoms with van der Waals surface area (Å²) < 4.78 is 5.42. The number of nitrogens with two attached hydrogens (primary N) is 1. The molecule has 1 aliphatic heterocycles. The number of primary amides is 1. The standard InChI is InChI=1S/C8H16N2O2/c1-6(8(9)11)12-7-3-2-4-10-5-7/h6-7,10H,2-5H2,1H3,(H2,9,11)/t6?,7-/m0/s1. The summed E-state index contributed by atoms with van der Waals surface area (Å²) in [5.74, 6) is -0.388. The first kappa shape index (κ1) is 9.48. The number of carbonyl (C=O) groups excluding carboxylic acids is 1. The summed E-state index contributed by atoms with van der Waals surface area (Å²) in [6, 6.07) is 0. The topological polar surface area (TPSA) is 64.3 Å². The Bertz CT molecular complexity index is 155. The maximum atomic E-state index is 10.6. The van der Waals surface area contributed by atoms with Crippen molar-refractivity contribution in [1.82, 2.24) is 5.32 Å². The number of hydrogen-bond donors (Lipinski definition) is 2. The average molecular weight is 172 g/mol. The van der Waals surface area contributed by atoms with Crippen LogP contribution in [0.1, 0.15) is 19.8 Å². The van der Waals surface area contributed by atoms with E-state index in [9.17, 15) is 4.79 Å². The first-order valence-corrected chi connectivity index (χ1v) is 4.35. The van der Waals surface area contributed by atoms with Gasteiger partial charge in [-0.1, -0.05) is 0 Å². The molecule has 4 nitrogen and oxygen atoms in total. The van der Waals surface area contributed by atoms with E-state index in [-0.39, 0.29) is 12.0 Å². The molecule has 3 N–H and O–H groups in total. The molecule has 1 rings (SSSR count). The van der Waals surface area contributed by atoms with Gasteiger partial charge in [0.1, 0.15) is 6.10 Å². The van der Waals surface area contributed by atoms with Crippen LogP contribution in [0.2, 0.25) is 0 Å². The Morgan fingerprint density at radius 2 is 2.50 bits per heavy atom. The van der Waals surface area contributed by atoms with Gasteiger partial charge >= 0.3 is 0 Å². The molecular weight excluding hydrogens is 156 g/mol. The number of piperidine rings is 1. The Labute approximate surface area is 72.5 Å². The molecule has 0 radical (unpaired) electrons. The summed E-state index contributed by atoms with van der Waals surface area (Å²) in [5.41, 5.74) is 5.07. The number of ether oxygens (including phenoxy) is 1. The minimum Gasteiger partial charge on any atom is -0.367 e. The van der Waals surface area contributed by atoms with Crippen LogP contribution in [0, 0.1) is 0 Å². The number of nitrogens with one attached hydrogen (secondary N) is 1. The Morgan fingerprint density at radius 1 is 1.75 bits per heavy atom. The Morgan fingerprint density at radius 3 is 3.00 bits per heavy atom. The third-order valence-corrected chi connectivity index (χ3v) is 2.05. The molecule has 0 aromatic carbocycles. The molecule has 1 fully saturated rings. The van der Waals surface area contributed by atoms with E-state index in [1.165, 1.54) is 0 Å². The van der Waals surface area contributed by atoms with E-state index in [4.69, 9.17) is 10.5 Å². The molecule has 0 aromatic rings. The molecule has 0 saturated carbocycles. The van der Waals surface area contributed by atoms with E-state index in [0.29, 0.717) is 0 Å². The SMILES string of the molecule is CC(O[C@H]1CCCNC1)C(N)=O. The minimum atomic E-state index is -0.463. The largest absolute Gasteiger partial charge is 0.367 e. The zero-order chi connectivity index (χ0) is 8.97. The Kier molecular flexibility index (Phi) is 3.49. The van der Waals surface area contributed by atoms with Crippen LogP contribution in [0.25, 0.3) is 0 Å². The van der Waals surface area contributed by atoms with Crippen molar-refractivity contribution in [2.24, 2.45) is 5.73 Å². The number of rotatable bonds is 3. The lowest BCUT2D eigenvalue weighted by Crippen LogP contribution is -2.40. The molecule has 1 amide bonds. The monoisotopic (exact) mass is 172 g/mol. The van der Waals surface area contributed by atoms with Crippen molar-refractivity contribution in [1.29, 1.82) is 0 Å². The lowest BCUT2D eigenvalue weighted by Gasteiger charge is -2.25. The summed E-state index contributed by atoms with van der Waals surface area (Å²) in [7, 11) is 0. The van der Waals surface area contributed by atoms with Crippen LogP contribution in [0.15, 0.2) is 0 Å². The molecular formula is C8H16N2O2. The number of amides is 1. The zero-order valence-corrected chi connectivity index (χ0v) is 7.38. The predicted molar refractivity (Wildman–Crippen MR) is 45.6 cm³/mol. The van der Waals surface area contributed by atoms with Gasteiger partial charge in [-0.2, -0.15) is 0 Å². The normalized spacial score (nSPS) is 26.6. The summed E-state index contributed by atoms with van der Waals surface area (Å²) >= 11 is 0. The fourth-order valence-electron chi connectivity index (χ4n) is 1.29. The second-order valence-corrected chi connectivity index (χ2v) is 3.15. The first-order chi connectivity index (χ1) is 5.70. The third-order valence-electron chi connectivity index (χ3n) is 2.05. The summed E-state index contributed by atoms with van der Waals surface area (Å²) in [4.78, 5) is 10.6. The fraction of sp³-hybridized carbons (Fsp3) is 0.875.